The molecule has 0 aliphatic carbocycles. The molecule has 26 heavy (non-hydrogen) atoms. The molecule has 0 spiro atoms. The fourth-order valence-electron chi connectivity index (χ4n) is 2.27. The van der Waals surface area contributed by atoms with Gasteiger partial charge in [0.15, 0.2) is 0 Å². The first kappa shape index (κ1) is 19.3. The maximum atomic E-state index is 12.3. The Morgan fingerprint density at radius 3 is 2.38 bits per heavy atom. The van der Waals surface area contributed by atoms with E-state index in [1.54, 1.807) is 0 Å². The molecule has 0 atom stereocenters. The van der Waals surface area contributed by atoms with E-state index in [0.717, 1.165) is 11.3 Å². The fraction of sp³-hybridized carbons (Fsp3) is 0.300. The van der Waals surface area contributed by atoms with Crippen LogP contribution in [-0.4, -0.2) is 30.7 Å². The number of methoxy groups -OCH3 is 1. The van der Waals surface area contributed by atoms with Crippen molar-refractivity contribution in [3.8, 4) is 11.5 Å². The lowest BCUT2D eigenvalue weighted by atomic mass is 10.1. The number of carbonyl (C=O) groups is 2. The number of anilines is 1. The zero-order valence-electron chi connectivity index (χ0n) is 15.1. The first-order valence-corrected chi connectivity index (χ1v) is 8.32. The van der Waals surface area contributed by atoms with Crippen LogP contribution in [0.5, 0.6) is 11.5 Å². The van der Waals surface area contributed by atoms with Crippen LogP contribution in [-0.2, 0) is 11.2 Å². The highest BCUT2D eigenvalue weighted by molar-refractivity contribution is 5.95. The van der Waals surface area contributed by atoms with Crippen molar-refractivity contribution in [2.75, 3.05) is 19.0 Å². The van der Waals surface area contributed by atoms with Crippen molar-refractivity contribution in [2.45, 2.75) is 20.3 Å². The average molecular weight is 357 g/mol. The van der Waals surface area contributed by atoms with Gasteiger partial charge in [-0.05, 0) is 41.8 Å². The summed E-state index contributed by atoms with van der Waals surface area (Å²) in [6.45, 7) is 4.80. The van der Waals surface area contributed by atoms with Crippen molar-refractivity contribution in [2.24, 2.45) is 5.92 Å². The third-order valence-corrected chi connectivity index (χ3v) is 3.59. The first-order chi connectivity index (χ1) is 12.4. The molecule has 2 aromatic carbocycles. The fourth-order valence-corrected chi connectivity index (χ4v) is 2.27. The van der Waals surface area contributed by atoms with E-state index in [4.69, 9.17) is 14.6 Å². The molecule has 2 rings (SSSR count). The van der Waals surface area contributed by atoms with Gasteiger partial charge in [0, 0.05) is 0 Å². The minimum Gasteiger partial charge on any atom is -0.495 e. The van der Waals surface area contributed by atoms with Gasteiger partial charge in [0.25, 0.3) is 0 Å². The maximum absolute atomic E-state index is 12.3. The van der Waals surface area contributed by atoms with Crippen LogP contribution in [0.3, 0.4) is 0 Å². The average Bonchev–Trinajstić information content (AvgIpc) is 2.61. The molecule has 6 nitrogen and oxygen atoms in total. The number of carbonyl (C=O) groups excluding carboxylic acids is 1. The van der Waals surface area contributed by atoms with E-state index in [1.807, 2.05) is 24.3 Å². The molecule has 2 aromatic rings. The molecule has 138 valence electrons. The van der Waals surface area contributed by atoms with E-state index in [9.17, 15) is 9.59 Å². The predicted octanol–water partition coefficient (Wildman–Crippen LogP) is 3.61. The van der Waals surface area contributed by atoms with Gasteiger partial charge < -0.3 is 19.9 Å². The van der Waals surface area contributed by atoms with E-state index >= 15 is 0 Å². The van der Waals surface area contributed by atoms with Crippen LogP contribution < -0.4 is 14.8 Å². The summed E-state index contributed by atoms with van der Waals surface area (Å²) in [7, 11) is 1.42. The number of rotatable bonds is 8. The van der Waals surface area contributed by atoms with Crippen molar-refractivity contribution in [3.63, 3.8) is 0 Å². The van der Waals surface area contributed by atoms with Gasteiger partial charge >= 0.3 is 5.97 Å². The van der Waals surface area contributed by atoms with Crippen LogP contribution in [0, 0.1) is 5.92 Å². The Kier molecular flexibility index (Phi) is 6.60. The third-order valence-electron chi connectivity index (χ3n) is 3.59. The number of benzene rings is 2. The molecule has 0 saturated carbocycles. The van der Waals surface area contributed by atoms with Crippen LogP contribution >= 0.6 is 0 Å². The number of nitrogens with one attached hydrogen (secondary N) is 1. The van der Waals surface area contributed by atoms with Gasteiger partial charge in [-0.2, -0.15) is 0 Å². The summed E-state index contributed by atoms with van der Waals surface area (Å²) in [5, 5.41) is 11.8. The van der Waals surface area contributed by atoms with Crippen molar-refractivity contribution in [3.05, 3.63) is 53.6 Å². The second-order valence-corrected chi connectivity index (χ2v) is 6.29. The van der Waals surface area contributed by atoms with Crippen molar-refractivity contribution < 1.29 is 24.2 Å². The maximum Gasteiger partial charge on any atom is 0.335 e. The molecule has 0 bridgehead atoms. The summed E-state index contributed by atoms with van der Waals surface area (Å²) in [6.07, 6.45) is 0.189. The zero-order chi connectivity index (χ0) is 19.1. The lowest BCUT2D eigenvalue weighted by Crippen LogP contribution is -2.15. The van der Waals surface area contributed by atoms with E-state index < -0.39 is 5.97 Å². The molecule has 0 aliphatic rings. The van der Waals surface area contributed by atoms with Crippen LogP contribution in [0.2, 0.25) is 0 Å². The van der Waals surface area contributed by atoms with Crippen molar-refractivity contribution >= 4 is 17.6 Å². The molecule has 6 heteroatoms. The normalized spacial score (nSPS) is 10.5. The van der Waals surface area contributed by atoms with Crippen LogP contribution in [0.4, 0.5) is 5.69 Å². The van der Waals surface area contributed by atoms with E-state index in [2.05, 4.69) is 19.2 Å². The second-order valence-electron chi connectivity index (χ2n) is 6.29. The Bertz CT molecular complexity index is 768. The predicted molar refractivity (Wildman–Crippen MR) is 99.1 cm³/mol. The van der Waals surface area contributed by atoms with Gasteiger partial charge in [-0.15, -0.1) is 0 Å². The molecule has 0 saturated heterocycles. The number of hydrogen-bond donors (Lipinski definition) is 2. The van der Waals surface area contributed by atoms with Gasteiger partial charge in [0.05, 0.1) is 31.4 Å². The number of ether oxygens (including phenoxy) is 2. The molecule has 1 amide bonds. The topological polar surface area (TPSA) is 84.9 Å². The molecule has 0 unspecified atom stereocenters. The van der Waals surface area contributed by atoms with Gasteiger partial charge in [-0.25, -0.2) is 4.79 Å². The van der Waals surface area contributed by atoms with Gasteiger partial charge in [-0.3, -0.25) is 4.79 Å². The number of hydrogen-bond acceptors (Lipinski definition) is 4. The zero-order valence-corrected chi connectivity index (χ0v) is 15.1. The van der Waals surface area contributed by atoms with Crippen LogP contribution in [0.15, 0.2) is 42.5 Å². The summed E-state index contributed by atoms with van der Waals surface area (Å²) in [6, 6.07) is 11.7. The number of carboxylic acid groups (broad SMARTS) is 1. The summed E-state index contributed by atoms with van der Waals surface area (Å²) in [5.41, 5.74) is 1.37. The molecule has 0 aliphatic heterocycles. The molecule has 0 radical (unpaired) electrons. The van der Waals surface area contributed by atoms with Gasteiger partial charge in [0.2, 0.25) is 5.91 Å². The summed E-state index contributed by atoms with van der Waals surface area (Å²) < 4.78 is 10.8. The largest absolute Gasteiger partial charge is 0.495 e. The number of carboxylic acids is 1. The van der Waals surface area contributed by atoms with Crippen LogP contribution in [0.1, 0.15) is 29.8 Å². The molecule has 0 aromatic heterocycles. The number of amides is 1. The lowest BCUT2D eigenvalue weighted by Gasteiger charge is -2.11. The Morgan fingerprint density at radius 1 is 1.12 bits per heavy atom. The quantitative estimate of drug-likeness (QED) is 0.754. The highest BCUT2D eigenvalue weighted by atomic mass is 16.5. The minimum absolute atomic E-state index is 0.0943. The summed E-state index contributed by atoms with van der Waals surface area (Å²) in [5.74, 6) is 0.246. The smallest absolute Gasteiger partial charge is 0.335 e. The standard InChI is InChI=1S/C20H23NO5/c1-13(2)12-26-16-7-4-14(5-8-16)10-19(22)21-17-9-6-15(20(23)24)11-18(17)25-3/h4-9,11,13H,10,12H2,1-3H3,(H,21,22)(H,23,24). The van der Waals surface area contributed by atoms with Gasteiger partial charge in [0.1, 0.15) is 11.5 Å². The second kappa shape index (κ2) is 8.89. The van der Waals surface area contributed by atoms with E-state index in [1.165, 1.54) is 25.3 Å². The van der Waals surface area contributed by atoms with Gasteiger partial charge in [-0.1, -0.05) is 26.0 Å². The van der Waals surface area contributed by atoms with Crippen molar-refractivity contribution in [1.29, 1.82) is 0 Å². The third kappa shape index (κ3) is 5.51. The minimum atomic E-state index is -1.05. The molecule has 2 N–H and O–H groups in total. The molecular weight excluding hydrogens is 334 g/mol. The highest BCUT2D eigenvalue weighted by Crippen LogP contribution is 2.26. The van der Waals surface area contributed by atoms with E-state index in [0.29, 0.717) is 24.0 Å². The Labute approximate surface area is 152 Å². The van der Waals surface area contributed by atoms with Crippen LogP contribution in [0.25, 0.3) is 0 Å². The summed E-state index contributed by atoms with van der Waals surface area (Å²) >= 11 is 0. The van der Waals surface area contributed by atoms with Crippen molar-refractivity contribution in [1.82, 2.24) is 0 Å². The highest BCUT2D eigenvalue weighted by Gasteiger charge is 2.12. The Balaban J connectivity index is 1.99. The first-order valence-electron chi connectivity index (χ1n) is 8.32. The summed E-state index contributed by atoms with van der Waals surface area (Å²) in [4.78, 5) is 23.3. The van der Waals surface area contributed by atoms with E-state index in [-0.39, 0.29) is 17.9 Å². The Morgan fingerprint density at radius 2 is 1.81 bits per heavy atom. The monoisotopic (exact) mass is 357 g/mol. The SMILES string of the molecule is COc1cc(C(=O)O)ccc1NC(=O)Cc1ccc(OCC(C)C)cc1. The molecular formula is C20H23NO5. The molecule has 0 fully saturated rings. The molecule has 0 heterocycles. The Hall–Kier alpha value is -3.02. The lowest BCUT2D eigenvalue weighted by molar-refractivity contribution is -0.115. The number of aromatic carboxylic acids is 1.